The average Bonchev–Trinajstić information content (AvgIpc) is 3.65. The highest BCUT2D eigenvalue weighted by atomic mass is 35.5. The molecule has 0 unspecified atom stereocenters. The normalized spacial score (nSPS) is 24.2. The minimum atomic E-state index is -0.299. The fraction of sp³-hybridized carbons (Fsp3) is 0.467. The molecule has 0 atom stereocenters. The summed E-state index contributed by atoms with van der Waals surface area (Å²) in [6.07, 6.45) is 13.0. The van der Waals surface area contributed by atoms with E-state index in [1.807, 2.05) is 13.0 Å². The van der Waals surface area contributed by atoms with Gasteiger partial charge < -0.3 is 15.0 Å². The number of carbonyl (C=O) groups excluding carboxylic acids is 1. The van der Waals surface area contributed by atoms with E-state index in [0.29, 0.717) is 27.9 Å². The standard InChI is InChI=1S/C45H47ClN10O2S/c1-26-27(2)59-42-39(26)40(50-45(18-19-45)43-54-51-28(3)56(42)43)31-5-11-36(48-24-31)29-14-16-44(17-15-29)20-21-55(25-44)38-13-12-37(52-53-38)41(57)49-32-6-9-33(10-7-32)58-34-8-4-30(23-47)35(46)22-34/h4-5,8,11-13,22,24,29,32-33H,6-7,9-10,14-21,25H2,1-3H3,(H,49,57). The third kappa shape index (κ3) is 6.97. The second-order valence-corrected chi connectivity index (χ2v) is 19.0. The minimum absolute atomic E-state index is 0.0378. The quantitative estimate of drug-likeness (QED) is 0.171. The van der Waals surface area contributed by atoms with Crippen LogP contribution in [-0.4, -0.2) is 66.8 Å². The van der Waals surface area contributed by atoms with Gasteiger partial charge in [0.15, 0.2) is 17.3 Å². The number of aromatic nitrogens is 6. The summed E-state index contributed by atoms with van der Waals surface area (Å²) < 4.78 is 8.36. The molecule has 10 rings (SSSR count). The van der Waals surface area contributed by atoms with Gasteiger partial charge in [-0.2, -0.15) is 5.26 Å². The Kier molecular flexibility index (Phi) is 9.55. The molecule has 5 aliphatic rings. The van der Waals surface area contributed by atoms with Gasteiger partial charge in [-0.15, -0.1) is 31.7 Å². The fourth-order valence-electron chi connectivity index (χ4n) is 9.84. The zero-order valence-corrected chi connectivity index (χ0v) is 35.2. The summed E-state index contributed by atoms with van der Waals surface area (Å²) in [4.78, 5) is 27.3. The smallest absolute Gasteiger partial charge is 0.272 e. The monoisotopic (exact) mass is 826 g/mol. The zero-order chi connectivity index (χ0) is 40.5. The average molecular weight is 827 g/mol. The number of benzene rings is 1. The highest BCUT2D eigenvalue weighted by molar-refractivity contribution is 7.15. The number of aryl methyl sites for hydroxylation is 2. The van der Waals surface area contributed by atoms with E-state index >= 15 is 0 Å². The molecule has 4 aromatic heterocycles. The number of anilines is 1. The predicted octanol–water partition coefficient (Wildman–Crippen LogP) is 8.48. The van der Waals surface area contributed by atoms with Gasteiger partial charge in [0.25, 0.3) is 5.91 Å². The molecule has 6 heterocycles. The maximum atomic E-state index is 13.1. The minimum Gasteiger partial charge on any atom is -0.490 e. The Morgan fingerprint density at radius 3 is 2.46 bits per heavy atom. The molecule has 12 nitrogen and oxygen atoms in total. The number of amides is 1. The molecule has 1 aromatic carbocycles. The van der Waals surface area contributed by atoms with Gasteiger partial charge in [-0.3, -0.25) is 19.3 Å². The van der Waals surface area contributed by atoms with Crippen molar-refractivity contribution in [3.8, 4) is 16.8 Å². The summed E-state index contributed by atoms with van der Waals surface area (Å²) in [7, 11) is 0. The number of nitrogens with zero attached hydrogens (tertiary/aromatic N) is 9. The van der Waals surface area contributed by atoms with Crippen LogP contribution >= 0.6 is 22.9 Å². The van der Waals surface area contributed by atoms with Crippen LogP contribution in [0.3, 0.4) is 0 Å². The van der Waals surface area contributed by atoms with Crippen LogP contribution in [0.5, 0.6) is 5.75 Å². The molecule has 1 amide bonds. The molecular weight excluding hydrogens is 780 g/mol. The van der Waals surface area contributed by atoms with Crippen molar-refractivity contribution in [2.45, 2.75) is 115 Å². The predicted molar refractivity (Wildman–Crippen MR) is 227 cm³/mol. The first-order valence-electron chi connectivity index (χ1n) is 21.0. The molecule has 302 valence electrons. The van der Waals surface area contributed by atoms with Gasteiger partial charge in [0.05, 0.1) is 22.4 Å². The Bertz CT molecular complexity index is 2500. The Morgan fingerprint density at radius 2 is 1.76 bits per heavy atom. The van der Waals surface area contributed by atoms with Gasteiger partial charge in [-0.25, -0.2) is 0 Å². The maximum absolute atomic E-state index is 13.1. The summed E-state index contributed by atoms with van der Waals surface area (Å²) in [5.74, 6) is 3.62. The maximum Gasteiger partial charge on any atom is 0.272 e. The number of halogens is 1. The van der Waals surface area contributed by atoms with Crippen LogP contribution in [-0.2, 0) is 5.54 Å². The van der Waals surface area contributed by atoms with Gasteiger partial charge in [0.1, 0.15) is 28.2 Å². The van der Waals surface area contributed by atoms with Gasteiger partial charge >= 0.3 is 0 Å². The molecule has 5 aromatic rings. The lowest BCUT2D eigenvalue weighted by atomic mass is 9.69. The topological polar surface area (TPSA) is 147 Å². The van der Waals surface area contributed by atoms with Crippen molar-refractivity contribution in [3.63, 3.8) is 0 Å². The number of hydrogen-bond acceptors (Lipinski definition) is 11. The molecule has 14 heteroatoms. The zero-order valence-electron chi connectivity index (χ0n) is 33.7. The van der Waals surface area contributed by atoms with Crippen molar-refractivity contribution in [3.05, 3.63) is 104 Å². The van der Waals surface area contributed by atoms with E-state index in [-0.39, 0.29) is 29.0 Å². The molecule has 2 aliphatic heterocycles. The van der Waals surface area contributed by atoms with Crippen molar-refractivity contribution >= 4 is 40.4 Å². The Morgan fingerprint density at radius 1 is 0.949 bits per heavy atom. The lowest BCUT2D eigenvalue weighted by Crippen LogP contribution is -2.40. The van der Waals surface area contributed by atoms with Crippen LogP contribution in [0.25, 0.3) is 5.00 Å². The number of ether oxygens (including phenoxy) is 1. The number of nitriles is 1. The van der Waals surface area contributed by atoms with E-state index in [1.54, 1.807) is 35.6 Å². The largest absolute Gasteiger partial charge is 0.490 e. The number of rotatable bonds is 7. The summed E-state index contributed by atoms with van der Waals surface area (Å²) in [5, 5.41) is 31.8. The number of aliphatic imine (C=N–C) groups is 1. The summed E-state index contributed by atoms with van der Waals surface area (Å²) in [5.41, 5.74) is 6.48. The van der Waals surface area contributed by atoms with E-state index in [1.165, 1.54) is 26.7 Å². The number of thiophene rings is 1. The van der Waals surface area contributed by atoms with Gasteiger partial charge in [0.2, 0.25) is 0 Å². The first-order chi connectivity index (χ1) is 28.6. The molecule has 0 radical (unpaired) electrons. The van der Waals surface area contributed by atoms with Crippen molar-refractivity contribution in [2.24, 2.45) is 10.4 Å². The van der Waals surface area contributed by atoms with E-state index in [9.17, 15) is 4.79 Å². The highest BCUT2D eigenvalue weighted by Gasteiger charge is 2.51. The Hall–Kier alpha value is -5.19. The van der Waals surface area contributed by atoms with Crippen LogP contribution in [0.15, 0.2) is 53.7 Å². The van der Waals surface area contributed by atoms with Crippen molar-refractivity contribution in [2.75, 3.05) is 18.0 Å². The molecular formula is C45H47ClN10O2S. The van der Waals surface area contributed by atoms with Crippen LogP contribution in [0.1, 0.15) is 132 Å². The van der Waals surface area contributed by atoms with E-state index in [0.717, 1.165) is 112 Å². The number of fused-ring (bicyclic) bond motifs is 4. The van der Waals surface area contributed by atoms with E-state index in [2.05, 4.69) is 73.4 Å². The van der Waals surface area contributed by atoms with Gasteiger partial charge in [-0.1, -0.05) is 11.6 Å². The molecule has 59 heavy (non-hydrogen) atoms. The molecule has 2 spiro atoms. The summed E-state index contributed by atoms with van der Waals surface area (Å²) >= 11 is 7.98. The van der Waals surface area contributed by atoms with Crippen LogP contribution in [0, 0.1) is 37.5 Å². The molecule has 0 bridgehead atoms. The number of nitrogens with one attached hydrogen (secondary N) is 1. The lowest BCUT2D eigenvalue weighted by molar-refractivity contribution is 0.0888. The van der Waals surface area contributed by atoms with Crippen molar-refractivity contribution in [1.29, 1.82) is 5.26 Å². The summed E-state index contributed by atoms with van der Waals surface area (Å²) in [6.45, 7) is 8.34. The highest BCUT2D eigenvalue weighted by Crippen LogP contribution is 2.53. The van der Waals surface area contributed by atoms with Crippen molar-refractivity contribution < 1.29 is 9.53 Å². The SMILES string of the molecule is Cc1sc2c(c1C)C(c1ccc(C3CCC4(CC3)CCN(c3ccc(C(=O)NC5CCC(Oc6ccc(C#N)c(Cl)c6)CC5)nn3)C4)nc1)=NC1(CC1)c1nnc(C)n1-2. The summed E-state index contributed by atoms with van der Waals surface area (Å²) in [6, 6.07) is 15.5. The third-order valence-corrected chi connectivity index (χ3v) is 15.1. The van der Waals surface area contributed by atoms with Crippen molar-refractivity contribution in [1.82, 2.24) is 35.3 Å². The Labute approximate surface area is 353 Å². The van der Waals surface area contributed by atoms with E-state index in [4.69, 9.17) is 31.6 Å². The van der Waals surface area contributed by atoms with Crippen LogP contribution in [0.2, 0.25) is 5.02 Å². The second kappa shape index (κ2) is 14.8. The Balaban J connectivity index is 0.730. The molecule has 1 saturated heterocycles. The number of carbonyl (C=O) groups is 1. The number of hydrogen-bond donors (Lipinski definition) is 1. The second-order valence-electron chi connectivity index (χ2n) is 17.4. The van der Waals surface area contributed by atoms with Gasteiger partial charge in [-0.05, 0) is 139 Å². The third-order valence-electron chi connectivity index (χ3n) is 13.6. The van der Waals surface area contributed by atoms with Gasteiger partial charge in [0, 0.05) is 59.0 Å². The number of pyridine rings is 1. The fourth-order valence-corrected chi connectivity index (χ4v) is 11.3. The first kappa shape index (κ1) is 38.0. The molecule has 4 fully saturated rings. The molecule has 1 N–H and O–H groups in total. The van der Waals surface area contributed by atoms with Crippen LogP contribution < -0.4 is 15.0 Å². The van der Waals surface area contributed by atoms with E-state index < -0.39 is 0 Å². The molecule has 3 aliphatic carbocycles. The lowest BCUT2D eigenvalue weighted by Gasteiger charge is -2.37. The first-order valence-corrected chi connectivity index (χ1v) is 22.2. The van der Waals surface area contributed by atoms with Crippen LogP contribution in [0.4, 0.5) is 5.82 Å². The molecule has 3 saturated carbocycles.